The van der Waals surface area contributed by atoms with Gasteiger partial charge < -0.3 is 15.4 Å². The van der Waals surface area contributed by atoms with Crippen LogP contribution >= 0.6 is 0 Å². The van der Waals surface area contributed by atoms with Gasteiger partial charge in [-0.2, -0.15) is 17.6 Å². The third-order valence-electron chi connectivity index (χ3n) is 2.12. The van der Waals surface area contributed by atoms with Gasteiger partial charge in [-0.15, -0.1) is 0 Å². The molecule has 0 atom stereocenters. The van der Waals surface area contributed by atoms with E-state index in [0.29, 0.717) is 0 Å². The molecule has 0 spiro atoms. The molecule has 20 heavy (non-hydrogen) atoms. The van der Waals surface area contributed by atoms with Crippen molar-refractivity contribution >= 4 is 23.2 Å². The number of anilines is 2. The minimum Gasteiger partial charge on any atom is -0.494 e. The van der Waals surface area contributed by atoms with Crippen LogP contribution in [0.4, 0.5) is 28.9 Å². The monoisotopic (exact) mass is 294 g/mol. The van der Waals surface area contributed by atoms with E-state index in [0.717, 1.165) is 18.2 Å². The summed E-state index contributed by atoms with van der Waals surface area (Å²) >= 11 is 0. The maximum Gasteiger partial charge on any atom is 0.315 e. The molecule has 0 aliphatic carbocycles. The van der Waals surface area contributed by atoms with Gasteiger partial charge in [-0.05, 0) is 12.1 Å². The molecule has 0 aliphatic rings. The second kappa shape index (κ2) is 6.73. The summed E-state index contributed by atoms with van der Waals surface area (Å²) in [4.78, 5) is 21.6. The molecule has 1 aromatic rings. The average Bonchev–Trinajstić information content (AvgIpc) is 2.39. The topological polar surface area (TPSA) is 67.4 Å². The van der Waals surface area contributed by atoms with Crippen molar-refractivity contribution in [1.29, 1.82) is 0 Å². The first-order valence-corrected chi connectivity index (χ1v) is 5.21. The van der Waals surface area contributed by atoms with Crippen LogP contribution in [-0.4, -0.2) is 31.8 Å². The number of rotatable bonds is 5. The summed E-state index contributed by atoms with van der Waals surface area (Å²) in [5.74, 6) is -3.12. The number of carbonyl (C=O) groups is 2. The SMILES string of the molecule is COc1cc(NC(=O)C(F)F)ccc1NC(=O)C(F)F. The molecule has 2 amide bonds. The number of hydrogen-bond donors (Lipinski definition) is 2. The quantitative estimate of drug-likeness (QED) is 0.817. The highest BCUT2D eigenvalue weighted by Gasteiger charge is 2.19. The summed E-state index contributed by atoms with van der Waals surface area (Å²) in [5.41, 5.74) is -0.102. The highest BCUT2D eigenvalue weighted by molar-refractivity contribution is 5.96. The predicted octanol–water partition coefficient (Wildman–Crippen LogP) is 2.10. The van der Waals surface area contributed by atoms with E-state index in [2.05, 4.69) is 0 Å². The Bertz CT molecular complexity index is 508. The third-order valence-corrected chi connectivity index (χ3v) is 2.12. The van der Waals surface area contributed by atoms with Gasteiger partial charge in [-0.1, -0.05) is 0 Å². The average molecular weight is 294 g/mol. The predicted molar refractivity (Wildman–Crippen MR) is 62.3 cm³/mol. The van der Waals surface area contributed by atoms with Crippen molar-refractivity contribution in [3.63, 3.8) is 0 Å². The maximum atomic E-state index is 12.1. The molecule has 2 N–H and O–H groups in total. The Balaban J connectivity index is 2.90. The number of amides is 2. The van der Waals surface area contributed by atoms with Gasteiger partial charge in [0, 0.05) is 11.8 Å². The van der Waals surface area contributed by atoms with Gasteiger partial charge in [0.2, 0.25) is 0 Å². The van der Waals surface area contributed by atoms with Crippen molar-refractivity contribution in [2.24, 2.45) is 0 Å². The van der Waals surface area contributed by atoms with Gasteiger partial charge in [0.05, 0.1) is 12.8 Å². The molecule has 0 heterocycles. The first kappa shape index (κ1) is 15.7. The summed E-state index contributed by atoms with van der Waals surface area (Å²) in [6, 6.07) is 3.41. The molecule has 0 saturated carbocycles. The molecule has 0 bridgehead atoms. The van der Waals surface area contributed by atoms with Gasteiger partial charge in [0.25, 0.3) is 11.8 Å². The minimum atomic E-state index is -3.21. The standard InChI is InChI=1S/C11H10F4N2O3/c1-20-7-4-5(16-10(18)8(12)13)2-3-6(7)17-11(19)9(14)15/h2-4,8-9H,1H3,(H,16,18)(H,17,19). The number of nitrogens with one attached hydrogen (secondary N) is 2. The Labute approximate surface area is 110 Å². The molecule has 9 heteroatoms. The second-order valence-electron chi connectivity index (χ2n) is 3.49. The number of halogens is 4. The highest BCUT2D eigenvalue weighted by Crippen LogP contribution is 2.28. The first-order chi connectivity index (χ1) is 9.35. The summed E-state index contributed by atoms with van der Waals surface area (Å²) in [5, 5.41) is 3.78. The lowest BCUT2D eigenvalue weighted by Gasteiger charge is -2.12. The van der Waals surface area contributed by atoms with E-state index < -0.39 is 24.7 Å². The van der Waals surface area contributed by atoms with Crippen LogP contribution in [0.25, 0.3) is 0 Å². The van der Waals surface area contributed by atoms with Gasteiger partial charge in [0.15, 0.2) is 0 Å². The van der Waals surface area contributed by atoms with Gasteiger partial charge >= 0.3 is 12.9 Å². The summed E-state index contributed by atoms with van der Waals surface area (Å²) in [6.45, 7) is 0. The molecule has 0 unspecified atom stereocenters. The van der Waals surface area contributed by atoms with Crippen molar-refractivity contribution in [2.75, 3.05) is 17.7 Å². The fourth-order valence-corrected chi connectivity index (χ4v) is 1.26. The molecule has 1 rings (SSSR count). The molecule has 5 nitrogen and oxygen atoms in total. The van der Waals surface area contributed by atoms with E-state index in [9.17, 15) is 27.2 Å². The van der Waals surface area contributed by atoms with E-state index in [1.54, 1.807) is 0 Å². The molecule has 1 aromatic carbocycles. The Hall–Kier alpha value is -2.32. The lowest BCUT2D eigenvalue weighted by Crippen LogP contribution is -2.21. The fourth-order valence-electron chi connectivity index (χ4n) is 1.26. The van der Waals surface area contributed by atoms with Gasteiger partial charge in [-0.3, -0.25) is 9.59 Å². The van der Waals surface area contributed by atoms with Crippen LogP contribution in [0, 0.1) is 0 Å². The zero-order valence-corrected chi connectivity index (χ0v) is 10.1. The molecule has 0 radical (unpaired) electrons. The number of benzene rings is 1. The molecule has 0 aliphatic heterocycles. The molecular weight excluding hydrogens is 284 g/mol. The van der Waals surface area contributed by atoms with E-state index in [1.807, 2.05) is 10.6 Å². The number of alkyl halides is 4. The zero-order valence-electron chi connectivity index (χ0n) is 10.1. The Morgan fingerprint density at radius 3 is 2.10 bits per heavy atom. The lowest BCUT2D eigenvalue weighted by molar-refractivity contribution is -0.126. The summed E-state index contributed by atoms with van der Waals surface area (Å²) < 4.78 is 53.1. The van der Waals surface area contributed by atoms with Crippen LogP contribution in [-0.2, 0) is 9.59 Å². The molecule has 110 valence electrons. The van der Waals surface area contributed by atoms with Gasteiger partial charge in [0.1, 0.15) is 5.75 Å². The van der Waals surface area contributed by atoms with Crippen LogP contribution in [0.15, 0.2) is 18.2 Å². The summed E-state index contributed by atoms with van der Waals surface area (Å²) in [6.07, 6.45) is -6.41. The van der Waals surface area contributed by atoms with Crippen molar-refractivity contribution in [3.05, 3.63) is 18.2 Å². The normalized spacial score (nSPS) is 10.6. The van der Waals surface area contributed by atoms with Crippen molar-refractivity contribution in [2.45, 2.75) is 12.9 Å². The lowest BCUT2D eigenvalue weighted by atomic mass is 10.2. The number of carbonyl (C=O) groups excluding carboxylic acids is 2. The van der Waals surface area contributed by atoms with Crippen LogP contribution in [0.5, 0.6) is 5.75 Å². The molecule has 0 saturated heterocycles. The van der Waals surface area contributed by atoms with Crippen molar-refractivity contribution in [1.82, 2.24) is 0 Å². The van der Waals surface area contributed by atoms with Crippen molar-refractivity contribution < 1.29 is 31.9 Å². The number of methoxy groups -OCH3 is 1. The van der Waals surface area contributed by atoms with E-state index in [4.69, 9.17) is 4.74 Å². The van der Waals surface area contributed by atoms with Crippen LogP contribution in [0.1, 0.15) is 0 Å². The molecular formula is C11H10F4N2O3. The summed E-state index contributed by atoms with van der Waals surface area (Å²) in [7, 11) is 1.19. The number of ether oxygens (including phenoxy) is 1. The third kappa shape index (κ3) is 4.11. The van der Waals surface area contributed by atoms with E-state index in [-0.39, 0.29) is 17.1 Å². The van der Waals surface area contributed by atoms with Gasteiger partial charge in [-0.25, -0.2) is 0 Å². The Morgan fingerprint density at radius 1 is 1.05 bits per heavy atom. The fraction of sp³-hybridized carbons (Fsp3) is 0.273. The maximum absolute atomic E-state index is 12.1. The highest BCUT2D eigenvalue weighted by atomic mass is 19.3. The van der Waals surface area contributed by atoms with Crippen LogP contribution < -0.4 is 15.4 Å². The van der Waals surface area contributed by atoms with E-state index >= 15 is 0 Å². The van der Waals surface area contributed by atoms with Crippen LogP contribution in [0.3, 0.4) is 0 Å². The first-order valence-electron chi connectivity index (χ1n) is 5.21. The largest absolute Gasteiger partial charge is 0.494 e. The second-order valence-corrected chi connectivity index (χ2v) is 3.49. The van der Waals surface area contributed by atoms with Crippen LogP contribution in [0.2, 0.25) is 0 Å². The number of hydrogen-bond acceptors (Lipinski definition) is 3. The minimum absolute atomic E-state index is 0.0257. The Kier molecular flexibility index (Phi) is 5.30. The molecule has 0 aromatic heterocycles. The van der Waals surface area contributed by atoms with Crippen molar-refractivity contribution in [3.8, 4) is 5.75 Å². The Morgan fingerprint density at radius 2 is 1.60 bits per heavy atom. The zero-order chi connectivity index (χ0) is 15.3. The molecule has 0 fully saturated rings. The smallest absolute Gasteiger partial charge is 0.315 e. The van der Waals surface area contributed by atoms with E-state index in [1.165, 1.54) is 7.11 Å².